The third-order valence-electron chi connectivity index (χ3n) is 3.58. The summed E-state index contributed by atoms with van der Waals surface area (Å²) in [5, 5.41) is 2.84. The molecular weight excluding hydrogens is 265 g/mol. The number of fused-ring (bicyclic) bond motifs is 1. The van der Waals surface area contributed by atoms with Crippen molar-refractivity contribution in [2.45, 2.75) is 18.5 Å². The molecule has 0 aromatic heterocycles. The maximum atomic E-state index is 13.7. The molecule has 1 aliphatic carbocycles. The van der Waals surface area contributed by atoms with E-state index in [4.69, 9.17) is 5.73 Å². The Morgan fingerprint density at radius 1 is 1.05 bits per heavy atom. The van der Waals surface area contributed by atoms with Gasteiger partial charge in [-0.1, -0.05) is 24.3 Å². The van der Waals surface area contributed by atoms with Crippen LogP contribution in [-0.2, 0) is 0 Å². The molecule has 0 saturated carbocycles. The molecule has 0 fully saturated rings. The molecule has 2 unspecified atom stereocenters. The zero-order chi connectivity index (χ0) is 14.3. The molecule has 3 rings (SSSR count). The lowest BCUT2D eigenvalue weighted by Gasteiger charge is -2.16. The SMILES string of the molecule is NC1CC(Nc2cc(F)cc(F)c2F)c2ccccc21. The van der Waals surface area contributed by atoms with Crippen LogP contribution in [0.15, 0.2) is 36.4 Å². The second-order valence-electron chi connectivity index (χ2n) is 4.92. The van der Waals surface area contributed by atoms with Gasteiger partial charge in [0.1, 0.15) is 5.82 Å². The van der Waals surface area contributed by atoms with Crippen LogP contribution in [0.5, 0.6) is 0 Å². The van der Waals surface area contributed by atoms with Gasteiger partial charge in [-0.2, -0.15) is 0 Å². The number of halogens is 3. The fourth-order valence-corrected chi connectivity index (χ4v) is 2.66. The molecular formula is C15H13F3N2. The molecule has 3 N–H and O–H groups in total. The summed E-state index contributed by atoms with van der Waals surface area (Å²) < 4.78 is 40.1. The van der Waals surface area contributed by atoms with Gasteiger partial charge in [0.2, 0.25) is 0 Å². The summed E-state index contributed by atoms with van der Waals surface area (Å²) in [6.45, 7) is 0. The molecule has 104 valence electrons. The molecule has 0 heterocycles. The Morgan fingerprint density at radius 3 is 2.50 bits per heavy atom. The zero-order valence-corrected chi connectivity index (χ0v) is 10.5. The van der Waals surface area contributed by atoms with Gasteiger partial charge in [0, 0.05) is 18.2 Å². The van der Waals surface area contributed by atoms with Gasteiger partial charge in [-0.25, -0.2) is 13.2 Å². The molecule has 2 nitrogen and oxygen atoms in total. The van der Waals surface area contributed by atoms with E-state index in [1.165, 1.54) is 0 Å². The molecule has 2 atom stereocenters. The van der Waals surface area contributed by atoms with Crippen molar-refractivity contribution in [3.05, 3.63) is 65.0 Å². The smallest absolute Gasteiger partial charge is 0.182 e. The van der Waals surface area contributed by atoms with Gasteiger partial charge >= 0.3 is 0 Å². The number of anilines is 1. The summed E-state index contributed by atoms with van der Waals surface area (Å²) >= 11 is 0. The first-order valence-corrected chi connectivity index (χ1v) is 6.31. The molecule has 0 radical (unpaired) electrons. The fraction of sp³-hybridized carbons (Fsp3) is 0.200. The van der Waals surface area contributed by atoms with E-state index in [-0.39, 0.29) is 17.8 Å². The highest BCUT2D eigenvalue weighted by molar-refractivity contribution is 5.50. The summed E-state index contributed by atoms with van der Waals surface area (Å²) in [6, 6.07) is 8.58. The quantitative estimate of drug-likeness (QED) is 0.823. The minimum atomic E-state index is -1.21. The Labute approximate surface area is 114 Å². The van der Waals surface area contributed by atoms with Crippen molar-refractivity contribution in [1.29, 1.82) is 0 Å². The maximum absolute atomic E-state index is 13.7. The van der Waals surface area contributed by atoms with Crippen LogP contribution in [0, 0.1) is 17.5 Å². The van der Waals surface area contributed by atoms with E-state index >= 15 is 0 Å². The third kappa shape index (κ3) is 2.14. The highest BCUT2D eigenvalue weighted by Crippen LogP contribution is 2.39. The number of benzene rings is 2. The summed E-state index contributed by atoms with van der Waals surface area (Å²) in [6.07, 6.45) is 0.552. The van der Waals surface area contributed by atoms with Crippen LogP contribution < -0.4 is 11.1 Å². The Bertz CT molecular complexity index is 658. The number of hydrogen-bond donors (Lipinski definition) is 2. The van der Waals surface area contributed by atoms with E-state index in [0.29, 0.717) is 12.5 Å². The highest BCUT2D eigenvalue weighted by Gasteiger charge is 2.29. The Morgan fingerprint density at radius 2 is 1.75 bits per heavy atom. The number of rotatable bonds is 2. The number of nitrogens with two attached hydrogens (primary N) is 1. The highest BCUT2D eigenvalue weighted by atomic mass is 19.2. The lowest BCUT2D eigenvalue weighted by molar-refractivity contribution is 0.495. The summed E-state index contributed by atoms with van der Waals surface area (Å²) in [5.74, 6) is -3.10. The van der Waals surface area contributed by atoms with Crippen LogP contribution in [0.3, 0.4) is 0 Å². The molecule has 0 amide bonds. The Hall–Kier alpha value is -2.01. The van der Waals surface area contributed by atoms with E-state index < -0.39 is 17.5 Å². The van der Waals surface area contributed by atoms with E-state index in [2.05, 4.69) is 5.32 Å². The molecule has 2 aromatic rings. The van der Waals surface area contributed by atoms with Crippen molar-refractivity contribution in [2.24, 2.45) is 5.73 Å². The monoisotopic (exact) mass is 278 g/mol. The number of nitrogens with one attached hydrogen (secondary N) is 1. The van der Waals surface area contributed by atoms with Crippen LogP contribution >= 0.6 is 0 Å². The maximum Gasteiger partial charge on any atom is 0.182 e. The minimum Gasteiger partial charge on any atom is -0.376 e. The zero-order valence-electron chi connectivity index (χ0n) is 10.5. The molecule has 0 aliphatic heterocycles. The van der Waals surface area contributed by atoms with Crippen molar-refractivity contribution in [2.75, 3.05) is 5.32 Å². The molecule has 2 aromatic carbocycles. The molecule has 0 saturated heterocycles. The van der Waals surface area contributed by atoms with Crippen LogP contribution in [0.2, 0.25) is 0 Å². The van der Waals surface area contributed by atoms with Gasteiger partial charge in [-0.05, 0) is 17.5 Å². The van der Waals surface area contributed by atoms with Gasteiger partial charge in [-0.3, -0.25) is 0 Å². The fourth-order valence-electron chi connectivity index (χ4n) is 2.66. The van der Waals surface area contributed by atoms with Crippen molar-refractivity contribution >= 4 is 5.69 Å². The first-order valence-electron chi connectivity index (χ1n) is 6.31. The summed E-state index contributed by atoms with van der Waals surface area (Å²) in [7, 11) is 0. The van der Waals surface area contributed by atoms with Crippen molar-refractivity contribution in [3.63, 3.8) is 0 Å². The first kappa shape index (κ1) is 13.0. The topological polar surface area (TPSA) is 38.0 Å². The molecule has 1 aliphatic rings. The average molecular weight is 278 g/mol. The third-order valence-corrected chi connectivity index (χ3v) is 3.58. The van der Waals surface area contributed by atoms with Crippen LogP contribution in [-0.4, -0.2) is 0 Å². The molecule has 20 heavy (non-hydrogen) atoms. The normalized spacial score (nSPS) is 20.8. The summed E-state index contributed by atoms with van der Waals surface area (Å²) in [5.41, 5.74) is 7.73. The first-order chi connectivity index (χ1) is 9.56. The lowest BCUT2D eigenvalue weighted by atomic mass is 10.1. The molecule has 0 spiro atoms. The largest absolute Gasteiger partial charge is 0.376 e. The van der Waals surface area contributed by atoms with E-state index in [9.17, 15) is 13.2 Å². The van der Waals surface area contributed by atoms with Gasteiger partial charge in [0.15, 0.2) is 11.6 Å². The average Bonchev–Trinajstić information content (AvgIpc) is 2.73. The van der Waals surface area contributed by atoms with Crippen molar-refractivity contribution in [3.8, 4) is 0 Å². The molecule has 0 bridgehead atoms. The number of hydrogen-bond acceptors (Lipinski definition) is 2. The van der Waals surface area contributed by atoms with Gasteiger partial charge in [-0.15, -0.1) is 0 Å². The second-order valence-corrected chi connectivity index (χ2v) is 4.92. The van der Waals surface area contributed by atoms with Crippen LogP contribution in [0.25, 0.3) is 0 Å². The van der Waals surface area contributed by atoms with Gasteiger partial charge in [0.05, 0.1) is 11.7 Å². The second kappa shape index (κ2) is 4.83. The molecule has 5 heteroatoms. The van der Waals surface area contributed by atoms with Crippen LogP contribution in [0.1, 0.15) is 29.6 Å². The standard InChI is InChI=1S/C15H13F3N2/c16-8-5-11(17)15(18)14(6-8)20-13-7-12(19)9-3-1-2-4-10(9)13/h1-6,12-13,20H,7,19H2. The van der Waals surface area contributed by atoms with E-state index in [1.54, 1.807) is 0 Å². The van der Waals surface area contributed by atoms with E-state index in [1.807, 2.05) is 24.3 Å². The Balaban J connectivity index is 1.94. The van der Waals surface area contributed by atoms with Crippen molar-refractivity contribution in [1.82, 2.24) is 0 Å². The predicted molar refractivity (Wildman–Crippen MR) is 70.7 cm³/mol. The lowest BCUT2D eigenvalue weighted by Crippen LogP contribution is -2.11. The van der Waals surface area contributed by atoms with Crippen molar-refractivity contribution < 1.29 is 13.2 Å². The Kier molecular flexibility index (Phi) is 3.14. The van der Waals surface area contributed by atoms with Crippen LogP contribution in [0.4, 0.5) is 18.9 Å². The predicted octanol–water partition coefficient (Wildman–Crippen LogP) is 3.66. The van der Waals surface area contributed by atoms with Gasteiger partial charge < -0.3 is 11.1 Å². The van der Waals surface area contributed by atoms with E-state index in [0.717, 1.165) is 17.2 Å². The van der Waals surface area contributed by atoms with Gasteiger partial charge in [0.25, 0.3) is 0 Å². The summed E-state index contributed by atoms with van der Waals surface area (Å²) in [4.78, 5) is 0. The minimum absolute atomic E-state index is 0.162.